The van der Waals surface area contributed by atoms with Crippen molar-refractivity contribution in [2.24, 2.45) is 10.7 Å². The van der Waals surface area contributed by atoms with Crippen molar-refractivity contribution in [2.75, 3.05) is 44.8 Å². The SMILES string of the molecule is CN1CCN(CN2C(=O)C(O)(C3SC(N)=NC3=O)c3ccccc32)CC1. The Labute approximate surface area is 155 Å². The van der Waals surface area contributed by atoms with Gasteiger partial charge < -0.3 is 15.7 Å². The Balaban J connectivity index is 1.66. The molecule has 0 saturated carbocycles. The molecule has 8 nitrogen and oxygen atoms in total. The highest BCUT2D eigenvalue weighted by molar-refractivity contribution is 8.15. The van der Waals surface area contributed by atoms with E-state index in [1.807, 2.05) is 6.07 Å². The van der Waals surface area contributed by atoms with Gasteiger partial charge in [-0.05, 0) is 13.1 Å². The Bertz CT molecular complexity index is 792. The van der Waals surface area contributed by atoms with Crippen molar-refractivity contribution in [2.45, 2.75) is 10.9 Å². The van der Waals surface area contributed by atoms with Gasteiger partial charge >= 0.3 is 0 Å². The normalized spacial score (nSPS) is 30.0. The third-order valence-corrected chi connectivity index (χ3v) is 6.29. The number of fused-ring (bicyclic) bond motifs is 1. The number of para-hydroxylation sites is 1. The van der Waals surface area contributed by atoms with Crippen LogP contribution in [0.4, 0.5) is 5.69 Å². The van der Waals surface area contributed by atoms with Gasteiger partial charge in [0.05, 0.1) is 12.4 Å². The summed E-state index contributed by atoms with van der Waals surface area (Å²) in [6, 6.07) is 7.07. The van der Waals surface area contributed by atoms with Crippen LogP contribution in [-0.4, -0.2) is 77.0 Å². The van der Waals surface area contributed by atoms with Crippen LogP contribution in [0.2, 0.25) is 0 Å². The topological polar surface area (TPSA) is 102 Å². The number of amidine groups is 1. The average Bonchev–Trinajstić information content (AvgIpc) is 3.08. The Morgan fingerprint density at radius 1 is 1.27 bits per heavy atom. The van der Waals surface area contributed by atoms with E-state index in [0.29, 0.717) is 17.9 Å². The number of nitrogens with two attached hydrogens (primary N) is 1. The Morgan fingerprint density at radius 2 is 1.96 bits per heavy atom. The number of aliphatic imine (C=N–C) groups is 1. The highest BCUT2D eigenvalue weighted by Gasteiger charge is 2.59. The lowest BCUT2D eigenvalue weighted by Gasteiger charge is -2.35. The molecule has 9 heteroatoms. The number of hydrogen-bond acceptors (Lipinski definition) is 7. The maximum atomic E-state index is 13.2. The Morgan fingerprint density at radius 3 is 2.62 bits per heavy atom. The predicted molar refractivity (Wildman–Crippen MR) is 99.8 cm³/mol. The summed E-state index contributed by atoms with van der Waals surface area (Å²) in [5.41, 5.74) is 4.78. The molecule has 0 aromatic heterocycles. The van der Waals surface area contributed by atoms with Gasteiger partial charge in [-0.25, -0.2) is 0 Å². The van der Waals surface area contributed by atoms with Crippen LogP contribution in [0.5, 0.6) is 0 Å². The zero-order chi connectivity index (χ0) is 18.5. The van der Waals surface area contributed by atoms with E-state index < -0.39 is 22.7 Å². The van der Waals surface area contributed by atoms with Gasteiger partial charge in [0.2, 0.25) is 0 Å². The fourth-order valence-electron chi connectivity index (χ4n) is 3.67. The zero-order valence-electron chi connectivity index (χ0n) is 14.5. The molecule has 26 heavy (non-hydrogen) atoms. The molecular weight excluding hydrogens is 354 g/mol. The molecule has 2 unspecified atom stereocenters. The number of anilines is 1. The second kappa shape index (κ2) is 6.34. The van der Waals surface area contributed by atoms with Crippen LogP contribution in [0.15, 0.2) is 29.3 Å². The van der Waals surface area contributed by atoms with Crippen molar-refractivity contribution in [3.63, 3.8) is 0 Å². The van der Waals surface area contributed by atoms with E-state index in [9.17, 15) is 14.7 Å². The van der Waals surface area contributed by atoms with Crippen molar-refractivity contribution < 1.29 is 14.7 Å². The van der Waals surface area contributed by atoms with Crippen LogP contribution in [0.3, 0.4) is 0 Å². The van der Waals surface area contributed by atoms with Gasteiger partial charge in [0, 0.05) is 31.7 Å². The molecule has 3 heterocycles. The first-order valence-corrected chi connectivity index (χ1v) is 9.38. The number of aliphatic hydroxyl groups is 1. The van der Waals surface area contributed by atoms with Gasteiger partial charge in [-0.3, -0.25) is 19.4 Å². The first-order valence-electron chi connectivity index (χ1n) is 8.50. The van der Waals surface area contributed by atoms with E-state index in [4.69, 9.17) is 5.73 Å². The molecule has 0 aliphatic carbocycles. The minimum absolute atomic E-state index is 0.0798. The molecule has 0 bridgehead atoms. The molecule has 1 aromatic rings. The average molecular weight is 375 g/mol. The van der Waals surface area contributed by atoms with Crippen molar-refractivity contribution >= 4 is 34.4 Å². The summed E-state index contributed by atoms with van der Waals surface area (Å²) in [5.74, 6) is -1.06. The van der Waals surface area contributed by atoms with E-state index >= 15 is 0 Å². The number of likely N-dealkylation sites (N-methyl/N-ethyl adjacent to an activating group) is 1. The van der Waals surface area contributed by atoms with Crippen LogP contribution in [0, 0.1) is 0 Å². The van der Waals surface area contributed by atoms with E-state index in [1.54, 1.807) is 23.1 Å². The fourth-order valence-corrected chi connectivity index (χ4v) is 4.61. The largest absolute Gasteiger partial charge is 0.378 e. The second-order valence-corrected chi connectivity index (χ2v) is 7.99. The van der Waals surface area contributed by atoms with E-state index in [0.717, 1.165) is 37.9 Å². The highest BCUT2D eigenvalue weighted by Crippen LogP contribution is 2.47. The summed E-state index contributed by atoms with van der Waals surface area (Å²) >= 11 is 0.946. The van der Waals surface area contributed by atoms with Gasteiger partial charge in [-0.2, -0.15) is 4.99 Å². The molecule has 0 radical (unpaired) electrons. The summed E-state index contributed by atoms with van der Waals surface area (Å²) in [6.07, 6.45) is 0. The van der Waals surface area contributed by atoms with E-state index in [1.165, 1.54) is 0 Å². The first kappa shape index (κ1) is 17.5. The molecular formula is C17H21N5O3S. The summed E-state index contributed by atoms with van der Waals surface area (Å²) < 4.78 is 0. The maximum Gasteiger partial charge on any atom is 0.266 e. The Hall–Kier alpha value is -1.94. The van der Waals surface area contributed by atoms with Crippen LogP contribution in [0.1, 0.15) is 5.56 Å². The zero-order valence-corrected chi connectivity index (χ0v) is 15.3. The predicted octanol–water partition coefficient (Wildman–Crippen LogP) is -0.618. The second-order valence-electron chi connectivity index (χ2n) is 6.87. The third-order valence-electron chi connectivity index (χ3n) is 5.18. The highest BCUT2D eigenvalue weighted by atomic mass is 32.2. The molecule has 1 saturated heterocycles. The van der Waals surface area contributed by atoms with E-state index in [2.05, 4.69) is 21.8 Å². The smallest absolute Gasteiger partial charge is 0.266 e. The lowest BCUT2D eigenvalue weighted by molar-refractivity contribution is -0.140. The first-order chi connectivity index (χ1) is 12.4. The molecule has 2 amide bonds. The molecule has 3 aliphatic rings. The van der Waals surface area contributed by atoms with Crippen LogP contribution < -0.4 is 10.6 Å². The molecule has 4 rings (SSSR count). The van der Waals surface area contributed by atoms with Crippen molar-refractivity contribution in [3.05, 3.63) is 29.8 Å². The van der Waals surface area contributed by atoms with E-state index in [-0.39, 0.29) is 5.17 Å². The van der Waals surface area contributed by atoms with Crippen LogP contribution >= 0.6 is 11.8 Å². The molecule has 138 valence electrons. The number of piperazine rings is 1. The minimum atomic E-state index is -1.95. The standard InChI is InChI=1S/C17H21N5O3S/c1-20-6-8-21(9-7-20)10-22-12-5-3-2-4-11(12)17(25,15(22)24)13-14(23)19-16(18)26-13/h2-5,13,25H,6-10H2,1H3,(H2,18,19,23). The maximum absolute atomic E-state index is 13.2. The summed E-state index contributed by atoms with van der Waals surface area (Å²) in [6.45, 7) is 3.92. The van der Waals surface area contributed by atoms with Gasteiger partial charge in [0.1, 0.15) is 5.25 Å². The minimum Gasteiger partial charge on any atom is -0.378 e. The lowest BCUT2D eigenvalue weighted by Crippen LogP contribution is -2.54. The summed E-state index contributed by atoms with van der Waals surface area (Å²) in [4.78, 5) is 35.1. The number of carbonyl (C=O) groups is 2. The number of hydrogen-bond donors (Lipinski definition) is 2. The number of carbonyl (C=O) groups excluding carboxylic acids is 2. The monoisotopic (exact) mass is 375 g/mol. The fraction of sp³-hybridized carbons (Fsp3) is 0.471. The van der Waals surface area contributed by atoms with Crippen molar-refractivity contribution in [3.8, 4) is 0 Å². The van der Waals surface area contributed by atoms with Crippen LogP contribution in [0.25, 0.3) is 0 Å². The number of thioether (sulfide) groups is 1. The van der Waals surface area contributed by atoms with Gasteiger partial charge in [0.25, 0.3) is 11.8 Å². The lowest BCUT2D eigenvalue weighted by atomic mass is 9.91. The van der Waals surface area contributed by atoms with Crippen molar-refractivity contribution in [1.82, 2.24) is 9.80 Å². The van der Waals surface area contributed by atoms with Crippen molar-refractivity contribution in [1.29, 1.82) is 0 Å². The number of benzene rings is 1. The van der Waals surface area contributed by atoms with Gasteiger partial charge in [0.15, 0.2) is 10.8 Å². The van der Waals surface area contributed by atoms with Crippen LogP contribution in [-0.2, 0) is 15.2 Å². The molecule has 3 N–H and O–H groups in total. The summed E-state index contributed by atoms with van der Waals surface area (Å²) in [7, 11) is 2.07. The number of rotatable bonds is 3. The number of nitrogens with zero attached hydrogens (tertiary/aromatic N) is 4. The molecule has 2 atom stereocenters. The Kier molecular flexibility index (Phi) is 4.26. The molecule has 3 aliphatic heterocycles. The third kappa shape index (κ3) is 2.62. The molecule has 1 aromatic carbocycles. The number of amides is 2. The van der Waals surface area contributed by atoms with Gasteiger partial charge in [-0.15, -0.1) is 0 Å². The summed E-state index contributed by atoms with van der Waals surface area (Å²) in [5, 5.41) is 10.4. The van der Waals surface area contributed by atoms with Gasteiger partial charge in [-0.1, -0.05) is 30.0 Å². The molecule has 0 spiro atoms. The molecule has 1 fully saturated rings. The quantitative estimate of drug-likeness (QED) is 0.726.